The number of carbonyl (C=O) groups excluding carboxylic acids is 3. The van der Waals surface area contributed by atoms with Crippen molar-refractivity contribution in [1.82, 2.24) is 0 Å². The number of esters is 3. The summed E-state index contributed by atoms with van der Waals surface area (Å²) in [5, 5.41) is 0. The van der Waals surface area contributed by atoms with Gasteiger partial charge in [0.05, 0.1) is 18.2 Å². The van der Waals surface area contributed by atoms with Gasteiger partial charge in [-0.05, 0) is 48.5 Å². The molecule has 0 aliphatic rings. The minimum absolute atomic E-state index is 0.0614. The summed E-state index contributed by atoms with van der Waals surface area (Å²) in [4.78, 5) is 34.8. The van der Waals surface area contributed by atoms with E-state index < -0.39 is 17.9 Å². The van der Waals surface area contributed by atoms with Gasteiger partial charge in [-0.15, -0.1) is 0 Å². The molecule has 0 saturated heterocycles. The molecule has 7 nitrogen and oxygen atoms in total. The van der Waals surface area contributed by atoms with E-state index in [1.807, 2.05) is 0 Å². The third kappa shape index (κ3) is 6.00. The molecule has 0 bridgehead atoms. The summed E-state index contributed by atoms with van der Waals surface area (Å²) >= 11 is 0. The van der Waals surface area contributed by atoms with Gasteiger partial charge in [-0.2, -0.15) is 0 Å². The quantitative estimate of drug-likeness (QED) is 0.305. The monoisotopic (exact) mass is 370 g/mol. The van der Waals surface area contributed by atoms with Crippen molar-refractivity contribution in [3.05, 3.63) is 72.3 Å². The van der Waals surface area contributed by atoms with E-state index in [-0.39, 0.29) is 24.5 Å². The van der Waals surface area contributed by atoms with Crippen molar-refractivity contribution >= 4 is 17.9 Å². The van der Waals surface area contributed by atoms with Crippen molar-refractivity contribution in [2.45, 2.75) is 0 Å². The molecule has 0 fully saturated rings. The van der Waals surface area contributed by atoms with Crippen LogP contribution in [0.15, 0.2) is 61.2 Å². The molecule has 140 valence electrons. The van der Waals surface area contributed by atoms with E-state index in [2.05, 4.69) is 6.58 Å². The fraction of sp³-hybridized carbons (Fsp3) is 0.150. The minimum atomic E-state index is -0.589. The van der Waals surface area contributed by atoms with Gasteiger partial charge in [0, 0.05) is 6.08 Å². The molecular weight excluding hydrogens is 352 g/mol. The topological polar surface area (TPSA) is 88.1 Å². The normalized spacial score (nSPS) is 9.81. The Kier molecular flexibility index (Phi) is 7.13. The molecule has 0 spiro atoms. The minimum Gasteiger partial charge on any atom is -0.497 e. The van der Waals surface area contributed by atoms with Crippen LogP contribution in [0.25, 0.3) is 0 Å². The zero-order valence-corrected chi connectivity index (χ0v) is 14.7. The lowest BCUT2D eigenvalue weighted by molar-refractivity contribution is -0.138. The van der Waals surface area contributed by atoms with Crippen LogP contribution in [0.1, 0.15) is 20.7 Å². The molecule has 0 N–H and O–H groups in total. The van der Waals surface area contributed by atoms with E-state index in [9.17, 15) is 14.4 Å². The molecule has 0 aromatic heterocycles. The summed E-state index contributed by atoms with van der Waals surface area (Å²) < 4.78 is 19.9. The summed E-state index contributed by atoms with van der Waals surface area (Å²) in [5.41, 5.74) is 0.641. The van der Waals surface area contributed by atoms with Crippen LogP contribution >= 0.6 is 0 Å². The third-order valence-corrected chi connectivity index (χ3v) is 3.35. The Balaban J connectivity index is 1.86. The lowest BCUT2D eigenvalue weighted by Gasteiger charge is -2.07. The van der Waals surface area contributed by atoms with Crippen LogP contribution in [-0.4, -0.2) is 38.2 Å². The lowest BCUT2D eigenvalue weighted by atomic mass is 10.2. The van der Waals surface area contributed by atoms with Gasteiger partial charge in [-0.1, -0.05) is 6.58 Å². The number of carbonyl (C=O) groups is 3. The highest BCUT2D eigenvalue weighted by Gasteiger charge is 2.11. The fourth-order valence-electron chi connectivity index (χ4n) is 1.97. The SMILES string of the molecule is C=CC(=O)OCCOC(=O)c1ccc(OC(=O)c2ccc(OC)cc2)cc1. The highest BCUT2D eigenvalue weighted by atomic mass is 16.6. The first kappa shape index (κ1) is 19.7. The van der Waals surface area contributed by atoms with Crippen LogP contribution in [0.4, 0.5) is 0 Å². The van der Waals surface area contributed by atoms with Gasteiger partial charge in [0.1, 0.15) is 24.7 Å². The van der Waals surface area contributed by atoms with E-state index in [1.54, 1.807) is 24.3 Å². The van der Waals surface area contributed by atoms with E-state index in [0.29, 0.717) is 11.3 Å². The second kappa shape index (κ2) is 9.76. The van der Waals surface area contributed by atoms with Crippen molar-refractivity contribution in [1.29, 1.82) is 0 Å². The first-order valence-corrected chi connectivity index (χ1v) is 7.96. The number of benzene rings is 2. The molecule has 2 aromatic rings. The maximum Gasteiger partial charge on any atom is 0.343 e. The van der Waals surface area contributed by atoms with Crippen LogP contribution in [0.2, 0.25) is 0 Å². The number of rotatable bonds is 8. The summed E-state index contributed by atoms with van der Waals surface area (Å²) in [6.07, 6.45) is 1.02. The van der Waals surface area contributed by atoms with Crippen molar-refractivity contribution < 1.29 is 33.3 Å². The smallest absolute Gasteiger partial charge is 0.343 e. The first-order valence-electron chi connectivity index (χ1n) is 7.96. The highest BCUT2D eigenvalue weighted by Crippen LogP contribution is 2.17. The number of ether oxygens (including phenoxy) is 4. The Hall–Kier alpha value is -3.61. The molecule has 27 heavy (non-hydrogen) atoms. The summed E-state index contributed by atoms with van der Waals surface area (Å²) in [6, 6.07) is 12.4. The summed E-state index contributed by atoms with van der Waals surface area (Å²) in [6.45, 7) is 3.12. The number of methoxy groups -OCH3 is 1. The van der Waals surface area contributed by atoms with Gasteiger partial charge in [0.2, 0.25) is 0 Å². The van der Waals surface area contributed by atoms with Gasteiger partial charge < -0.3 is 18.9 Å². The zero-order chi connectivity index (χ0) is 19.6. The molecule has 0 heterocycles. The van der Waals surface area contributed by atoms with Gasteiger partial charge in [0.15, 0.2) is 0 Å². The zero-order valence-electron chi connectivity index (χ0n) is 14.7. The highest BCUT2D eigenvalue weighted by molar-refractivity contribution is 5.92. The van der Waals surface area contributed by atoms with Crippen LogP contribution in [0.5, 0.6) is 11.5 Å². The standard InChI is InChI=1S/C20H18O7/c1-3-18(21)25-12-13-26-19(22)14-6-10-17(11-7-14)27-20(23)15-4-8-16(24-2)9-5-15/h3-11H,1,12-13H2,2H3. The van der Waals surface area contributed by atoms with Crippen molar-refractivity contribution in [2.24, 2.45) is 0 Å². The molecule has 0 saturated carbocycles. The lowest BCUT2D eigenvalue weighted by Crippen LogP contribution is -2.13. The summed E-state index contributed by atoms with van der Waals surface area (Å²) in [5.74, 6) is -0.787. The predicted octanol–water partition coefficient (Wildman–Crippen LogP) is 2.80. The predicted molar refractivity (Wildman–Crippen MR) is 95.8 cm³/mol. The van der Waals surface area contributed by atoms with Crippen LogP contribution in [-0.2, 0) is 14.3 Å². The van der Waals surface area contributed by atoms with Gasteiger partial charge in [-0.25, -0.2) is 14.4 Å². The average molecular weight is 370 g/mol. The van der Waals surface area contributed by atoms with Crippen molar-refractivity contribution in [3.8, 4) is 11.5 Å². The Morgan fingerprint density at radius 2 is 1.33 bits per heavy atom. The fourth-order valence-corrected chi connectivity index (χ4v) is 1.97. The van der Waals surface area contributed by atoms with E-state index in [0.717, 1.165) is 6.08 Å². The van der Waals surface area contributed by atoms with E-state index in [4.69, 9.17) is 18.9 Å². The number of hydrogen-bond acceptors (Lipinski definition) is 7. The molecule has 0 aliphatic carbocycles. The molecule has 0 unspecified atom stereocenters. The summed E-state index contributed by atoms with van der Waals surface area (Å²) in [7, 11) is 1.54. The Morgan fingerprint density at radius 3 is 1.89 bits per heavy atom. The Morgan fingerprint density at radius 1 is 0.815 bits per heavy atom. The van der Waals surface area contributed by atoms with Gasteiger partial charge in [-0.3, -0.25) is 0 Å². The molecule has 0 atom stereocenters. The Labute approximate surface area is 156 Å². The molecule has 0 radical (unpaired) electrons. The van der Waals surface area contributed by atoms with Gasteiger partial charge >= 0.3 is 17.9 Å². The van der Waals surface area contributed by atoms with E-state index in [1.165, 1.54) is 31.4 Å². The van der Waals surface area contributed by atoms with Gasteiger partial charge in [0.25, 0.3) is 0 Å². The molecule has 2 aromatic carbocycles. The Bertz CT molecular complexity index is 807. The molecule has 7 heteroatoms. The van der Waals surface area contributed by atoms with Crippen LogP contribution in [0, 0.1) is 0 Å². The third-order valence-electron chi connectivity index (χ3n) is 3.35. The maximum atomic E-state index is 12.1. The number of hydrogen-bond donors (Lipinski definition) is 0. The van der Waals surface area contributed by atoms with Crippen LogP contribution < -0.4 is 9.47 Å². The second-order valence-electron chi connectivity index (χ2n) is 5.15. The largest absolute Gasteiger partial charge is 0.497 e. The maximum absolute atomic E-state index is 12.1. The van der Waals surface area contributed by atoms with Crippen LogP contribution in [0.3, 0.4) is 0 Å². The molecule has 0 aliphatic heterocycles. The van der Waals surface area contributed by atoms with Crippen molar-refractivity contribution in [2.75, 3.05) is 20.3 Å². The second-order valence-corrected chi connectivity index (χ2v) is 5.15. The van der Waals surface area contributed by atoms with E-state index >= 15 is 0 Å². The average Bonchev–Trinajstić information content (AvgIpc) is 2.71. The van der Waals surface area contributed by atoms with Crippen molar-refractivity contribution in [3.63, 3.8) is 0 Å². The molecular formula is C20H18O7. The molecule has 0 amide bonds. The first-order chi connectivity index (χ1) is 13.0. The molecule has 2 rings (SSSR count).